The zero-order chi connectivity index (χ0) is 17.8. The number of aryl methyl sites for hydroxylation is 1. The molecular weight excluding hydrogens is 330 g/mol. The van der Waals surface area contributed by atoms with Crippen LogP contribution in [0.2, 0.25) is 0 Å². The molecule has 2 atom stereocenters. The zero-order valence-electron chi connectivity index (χ0n) is 15.3. The number of nitrogens with zero attached hydrogens (tertiary/aromatic N) is 1. The van der Waals surface area contributed by atoms with E-state index in [-0.39, 0.29) is 11.9 Å². The van der Waals surface area contributed by atoms with E-state index in [0.29, 0.717) is 12.1 Å². The van der Waals surface area contributed by atoms with E-state index in [4.69, 9.17) is 12.2 Å². The van der Waals surface area contributed by atoms with Crippen LogP contribution in [0, 0.1) is 6.92 Å². The average Bonchev–Trinajstić information content (AvgIpc) is 2.59. The van der Waals surface area contributed by atoms with Crippen LogP contribution in [-0.4, -0.2) is 40.6 Å². The normalized spacial score (nSPS) is 25.4. The molecule has 2 aliphatic rings. The Morgan fingerprint density at radius 2 is 1.84 bits per heavy atom. The van der Waals surface area contributed by atoms with Crippen LogP contribution in [0.3, 0.4) is 0 Å². The molecule has 2 fully saturated rings. The van der Waals surface area contributed by atoms with Gasteiger partial charge < -0.3 is 15.5 Å². The van der Waals surface area contributed by atoms with Gasteiger partial charge in [-0.05, 0) is 69.8 Å². The van der Waals surface area contributed by atoms with Gasteiger partial charge in [0.1, 0.15) is 0 Å². The first kappa shape index (κ1) is 18.2. The van der Waals surface area contributed by atoms with Crippen LogP contribution in [0.25, 0.3) is 0 Å². The largest absolute Gasteiger partial charge is 0.363 e. The van der Waals surface area contributed by atoms with Gasteiger partial charge in [0.2, 0.25) is 0 Å². The number of hydrogen-bond acceptors (Lipinski definition) is 2. The van der Waals surface area contributed by atoms with E-state index in [0.717, 1.165) is 36.5 Å². The van der Waals surface area contributed by atoms with Gasteiger partial charge in [0, 0.05) is 30.2 Å². The van der Waals surface area contributed by atoms with Crippen LogP contribution >= 0.6 is 12.2 Å². The Balaban J connectivity index is 1.62. The Hall–Kier alpha value is -1.62. The summed E-state index contributed by atoms with van der Waals surface area (Å²) >= 11 is 5.64. The molecule has 2 aliphatic heterocycles. The number of hydrogen-bond donors (Lipinski definition) is 2. The molecule has 1 amide bonds. The maximum Gasteiger partial charge on any atom is 0.251 e. The first-order chi connectivity index (χ1) is 12.1. The van der Waals surface area contributed by atoms with Gasteiger partial charge in [-0.3, -0.25) is 4.79 Å². The van der Waals surface area contributed by atoms with Gasteiger partial charge in [-0.15, -0.1) is 0 Å². The Morgan fingerprint density at radius 1 is 1.20 bits per heavy atom. The van der Waals surface area contributed by atoms with Crippen LogP contribution in [0.1, 0.15) is 61.4 Å². The summed E-state index contributed by atoms with van der Waals surface area (Å²) < 4.78 is 0. The number of fused-ring (bicyclic) bond motifs is 2. The Morgan fingerprint density at radius 3 is 2.44 bits per heavy atom. The molecule has 0 saturated carbocycles. The zero-order valence-corrected chi connectivity index (χ0v) is 16.1. The van der Waals surface area contributed by atoms with Crippen LogP contribution in [0.15, 0.2) is 24.3 Å². The molecule has 0 spiro atoms. The lowest BCUT2D eigenvalue weighted by Crippen LogP contribution is -2.60. The average molecular weight is 360 g/mol. The van der Waals surface area contributed by atoms with E-state index in [1.165, 1.54) is 24.8 Å². The van der Waals surface area contributed by atoms with E-state index in [2.05, 4.69) is 22.5 Å². The second-order valence-corrected chi connectivity index (χ2v) is 7.77. The monoisotopic (exact) mass is 359 g/mol. The predicted octanol–water partition coefficient (Wildman–Crippen LogP) is 3.39. The fourth-order valence-electron chi connectivity index (χ4n) is 4.13. The predicted molar refractivity (Wildman–Crippen MR) is 106 cm³/mol. The van der Waals surface area contributed by atoms with Gasteiger partial charge >= 0.3 is 0 Å². The van der Waals surface area contributed by atoms with Gasteiger partial charge in [-0.2, -0.15) is 0 Å². The van der Waals surface area contributed by atoms with Crippen LogP contribution < -0.4 is 10.6 Å². The van der Waals surface area contributed by atoms with Crippen LogP contribution in [0.5, 0.6) is 0 Å². The fraction of sp³-hybridized carbons (Fsp3) is 0.600. The van der Waals surface area contributed by atoms with Gasteiger partial charge in [-0.1, -0.05) is 24.6 Å². The molecule has 3 rings (SSSR count). The Labute approximate surface area is 156 Å². The highest BCUT2D eigenvalue weighted by Gasteiger charge is 2.39. The molecule has 2 saturated heterocycles. The third kappa shape index (κ3) is 4.32. The van der Waals surface area contributed by atoms with E-state index in [9.17, 15) is 4.79 Å². The number of rotatable bonds is 4. The molecule has 1 aromatic rings. The third-order valence-electron chi connectivity index (χ3n) is 5.38. The smallest absolute Gasteiger partial charge is 0.251 e. The van der Waals surface area contributed by atoms with Crippen molar-refractivity contribution in [1.29, 1.82) is 0 Å². The number of carbonyl (C=O) groups excluding carboxylic acids is 1. The maximum atomic E-state index is 12.5. The lowest BCUT2D eigenvalue weighted by molar-refractivity contribution is 0.0740. The van der Waals surface area contributed by atoms with Crippen molar-refractivity contribution in [3.05, 3.63) is 35.4 Å². The van der Waals surface area contributed by atoms with Crippen molar-refractivity contribution in [2.24, 2.45) is 0 Å². The highest BCUT2D eigenvalue weighted by atomic mass is 32.1. The second-order valence-electron chi connectivity index (χ2n) is 7.39. The highest BCUT2D eigenvalue weighted by molar-refractivity contribution is 7.80. The summed E-state index contributed by atoms with van der Waals surface area (Å²) in [7, 11) is 0. The molecule has 0 radical (unpaired) electrons. The number of benzene rings is 1. The quantitative estimate of drug-likeness (QED) is 0.809. The summed E-state index contributed by atoms with van der Waals surface area (Å²) in [4.78, 5) is 15.0. The lowest BCUT2D eigenvalue weighted by Gasteiger charge is -2.50. The van der Waals surface area contributed by atoms with E-state index in [1.807, 2.05) is 31.2 Å². The van der Waals surface area contributed by atoms with Gasteiger partial charge in [0.15, 0.2) is 5.11 Å². The van der Waals surface area contributed by atoms with Gasteiger partial charge in [0.25, 0.3) is 5.91 Å². The molecule has 0 unspecified atom stereocenters. The van der Waals surface area contributed by atoms with Crippen molar-refractivity contribution in [2.75, 3.05) is 6.54 Å². The maximum absolute atomic E-state index is 12.5. The van der Waals surface area contributed by atoms with Crippen molar-refractivity contribution in [2.45, 2.75) is 70.5 Å². The van der Waals surface area contributed by atoms with Gasteiger partial charge in [0.05, 0.1) is 0 Å². The fourth-order valence-corrected chi connectivity index (χ4v) is 4.53. The standard InChI is InChI=1S/C20H29N3OS/c1-3-11-21-20(25)23-17-5-4-6-18(23)13-16(12-17)22-19(24)15-9-7-14(2)8-10-15/h7-10,16-18H,3-6,11-13H2,1-2H3,(H,21,25)(H,22,24)/t17-,18-/m0/s1. The summed E-state index contributed by atoms with van der Waals surface area (Å²) in [5.41, 5.74) is 1.92. The summed E-state index contributed by atoms with van der Waals surface area (Å²) in [5.74, 6) is 0.0446. The van der Waals surface area contributed by atoms with Crippen molar-refractivity contribution in [1.82, 2.24) is 15.5 Å². The van der Waals surface area contributed by atoms with E-state index < -0.39 is 0 Å². The highest BCUT2D eigenvalue weighted by Crippen LogP contribution is 2.34. The van der Waals surface area contributed by atoms with Crippen molar-refractivity contribution < 1.29 is 4.79 Å². The molecule has 136 valence electrons. The molecule has 0 aliphatic carbocycles. The van der Waals surface area contributed by atoms with Crippen LogP contribution in [-0.2, 0) is 0 Å². The molecule has 2 N–H and O–H groups in total. The minimum atomic E-state index is 0.0446. The number of carbonyl (C=O) groups is 1. The minimum Gasteiger partial charge on any atom is -0.363 e. The summed E-state index contributed by atoms with van der Waals surface area (Å²) in [6, 6.07) is 8.94. The molecule has 2 bridgehead atoms. The number of nitrogens with one attached hydrogen (secondary N) is 2. The molecular formula is C20H29N3OS. The number of piperidine rings is 2. The first-order valence-corrected chi connectivity index (χ1v) is 9.93. The van der Waals surface area contributed by atoms with E-state index in [1.54, 1.807) is 0 Å². The first-order valence-electron chi connectivity index (χ1n) is 9.52. The number of thiocarbonyl (C=S) groups is 1. The molecule has 25 heavy (non-hydrogen) atoms. The molecule has 1 aromatic carbocycles. The molecule has 2 heterocycles. The van der Waals surface area contributed by atoms with Crippen molar-refractivity contribution in [3.8, 4) is 0 Å². The topological polar surface area (TPSA) is 44.4 Å². The lowest BCUT2D eigenvalue weighted by atomic mass is 9.82. The SMILES string of the molecule is CCCNC(=S)N1[C@H]2CCC[C@H]1CC(NC(=O)c1ccc(C)cc1)C2. The number of amides is 1. The Bertz CT molecular complexity index is 602. The van der Waals surface area contributed by atoms with Crippen molar-refractivity contribution in [3.63, 3.8) is 0 Å². The molecule has 0 aromatic heterocycles. The third-order valence-corrected chi connectivity index (χ3v) is 5.74. The summed E-state index contributed by atoms with van der Waals surface area (Å²) in [6.45, 7) is 5.12. The molecule has 4 nitrogen and oxygen atoms in total. The van der Waals surface area contributed by atoms with Crippen LogP contribution in [0.4, 0.5) is 0 Å². The van der Waals surface area contributed by atoms with Crippen molar-refractivity contribution >= 4 is 23.2 Å². The van der Waals surface area contributed by atoms with E-state index >= 15 is 0 Å². The second kappa shape index (κ2) is 8.17. The summed E-state index contributed by atoms with van der Waals surface area (Å²) in [6.07, 6.45) is 6.66. The summed E-state index contributed by atoms with van der Waals surface area (Å²) in [5, 5.41) is 7.55. The Kier molecular flexibility index (Phi) is 5.94. The van der Waals surface area contributed by atoms with Gasteiger partial charge in [-0.25, -0.2) is 0 Å². The molecule has 5 heteroatoms. The minimum absolute atomic E-state index is 0.0446.